The Labute approximate surface area is 203 Å². The molecule has 0 fully saturated rings. The maximum atomic E-state index is 12.3. The van der Waals surface area contributed by atoms with Crippen molar-refractivity contribution in [2.24, 2.45) is 0 Å². The predicted molar refractivity (Wildman–Crippen MR) is 130 cm³/mol. The number of esters is 2. The molecule has 0 aliphatic carbocycles. The molecule has 8 nitrogen and oxygen atoms in total. The highest BCUT2D eigenvalue weighted by molar-refractivity contribution is 5.87. The van der Waals surface area contributed by atoms with Crippen molar-refractivity contribution in [3.8, 4) is 11.3 Å². The zero-order chi connectivity index (χ0) is 25.2. The molecule has 35 heavy (non-hydrogen) atoms. The first-order valence-corrected chi connectivity index (χ1v) is 11.2. The summed E-state index contributed by atoms with van der Waals surface area (Å²) in [6, 6.07) is 17.9. The van der Waals surface area contributed by atoms with Gasteiger partial charge in [-0.05, 0) is 44.5 Å². The lowest BCUT2D eigenvalue weighted by molar-refractivity contribution is -0.153. The minimum atomic E-state index is -1.16. The van der Waals surface area contributed by atoms with Crippen LogP contribution in [0.3, 0.4) is 0 Å². The Kier molecular flexibility index (Phi) is 6.66. The smallest absolute Gasteiger partial charge is 0.356 e. The van der Waals surface area contributed by atoms with E-state index in [1.54, 1.807) is 22.8 Å². The van der Waals surface area contributed by atoms with Gasteiger partial charge in [-0.2, -0.15) is 5.10 Å². The van der Waals surface area contributed by atoms with Crippen molar-refractivity contribution in [1.29, 1.82) is 0 Å². The molecular weight excluding hydrogens is 446 g/mol. The largest absolute Gasteiger partial charge is 0.464 e. The minimum Gasteiger partial charge on any atom is -0.464 e. The van der Waals surface area contributed by atoms with Gasteiger partial charge in [-0.25, -0.2) is 14.3 Å². The van der Waals surface area contributed by atoms with Crippen LogP contribution in [0.5, 0.6) is 0 Å². The number of hydrogen-bond donors (Lipinski definition) is 1. The van der Waals surface area contributed by atoms with Crippen LogP contribution in [-0.2, 0) is 20.7 Å². The molecule has 0 saturated heterocycles. The van der Waals surface area contributed by atoms with E-state index in [1.807, 2.05) is 63.2 Å². The van der Waals surface area contributed by atoms with E-state index in [0.29, 0.717) is 16.8 Å². The highest BCUT2D eigenvalue weighted by Gasteiger charge is 2.25. The number of pyridine rings is 2. The van der Waals surface area contributed by atoms with E-state index >= 15 is 0 Å². The van der Waals surface area contributed by atoms with Crippen molar-refractivity contribution in [3.63, 3.8) is 0 Å². The zero-order valence-electron chi connectivity index (χ0n) is 20.1. The predicted octanol–water partition coefficient (Wildman–Crippen LogP) is 4.15. The molecule has 4 aromatic rings. The van der Waals surface area contributed by atoms with Crippen LogP contribution in [0.25, 0.3) is 16.8 Å². The van der Waals surface area contributed by atoms with Gasteiger partial charge in [0, 0.05) is 17.3 Å². The van der Waals surface area contributed by atoms with Crippen LogP contribution in [0, 0.1) is 0 Å². The normalized spacial score (nSPS) is 12.4. The lowest BCUT2D eigenvalue weighted by Crippen LogP contribution is -2.25. The number of fused-ring (bicyclic) bond motifs is 1. The van der Waals surface area contributed by atoms with Crippen LogP contribution in [0.15, 0.2) is 66.9 Å². The summed E-state index contributed by atoms with van der Waals surface area (Å²) in [5.41, 5.74) is 3.10. The van der Waals surface area contributed by atoms with E-state index in [9.17, 15) is 14.7 Å². The van der Waals surface area contributed by atoms with E-state index in [0.717, 1.165) is 11.1 Å². The van der Waals surface area contributed by atoms with Crippen LogP contribution in [-0.4, -0.2) is 44.4 Å². The van der Waals surface area contributed by atoms with Crippen LogP contribution >= 0.6 is 0 Å². The lowest BCUT2D eigenvalue weighted by Gasteiger charge is -2.19. The van der Waals surface area contributed by atoms with Gasteiger partial charge in [0.25, 0.3) is 0 Å². The molecule has 8 heteroatoms. The zero-order valence-corrected chi connectivity index (χ0v) is 20.1. The Morgan fingerprint density at radius 3 is 2.46 bits per heavy atom. The molecule has 0 amide bonds. The number of nitrogens with zero attached hydrogens (tertiary/aromatic N) is 3. The number of ether oxygens (including phenoxy) is 2. The molecule has 1 N–H and O–H groups in total. The molecule has 0 aliphatic heterocycles. The van der Waals surface area contributed by atoms with Gasteiger partial charge >= 0.3 is 11.9 Å². The molecule has 4 rings (SSSR count). The SMILES string of the molecule is COC(=O)c1cccc(C(O)c2c(-c3ccccc3)nn3cc(CC(=O)OC(C)(C)C)ccc23)n1. The fourth-order valence-electron chi connectivity index (χ4n) is 3.81. The average molecular weight is 474 g/mol. The summed E-state index contributed by atoms with van der Waals surface area (Å²) in [5.74, 6) is -0.926. The summed E-state index contributed by atoms with van der Waals surface area (Å²) < 4.78 is 11.8. The van der Waals surface area contributed by atoms with E-state index in [2.05, 4.69) is 4.98 Å². The standard InChI is InChI=1S/C27H27N3O5/c1-27(2,3)35-22(31)15-17-13-14-21-23(24(29-30(21)16-17)18-9-6-5-7-10-18)25(32)19-11-8-12-20(28-19)26(33)34-4/h5-14,16,25,32H,15H2,1-4H3. The molecular formula is C27H27N3O5. The Bertz CT molecular complexity index is 1370. The number of aromatic nitrogens is 3. The number of rotatable bonds is 6. The Morgan fingerprint density at radius 2 is 1.77 bits per heavy atom. The molecule has 0 spiro atoms. The van der Waals surface area contributed by atoms with Crippen molar-refractivity contribution in [3.05, 3.63) is 89.4 Å². The minimum absolute atomic E-state index is 0.0916. The second-order valence-corrected chi connectivity index (χ2v) is 9.10. The second kappa shape index (κ2) is 9.68. The van der Waals surface area contributed by atoms with Crippen molar-refractivity contribution in [2.75, 3.05) is 7.11 Å². The first-order valence-electron chi connectivity index (χ1n) is 11.2. The molecule has 1 aromatic carbocycles. The third kappa shape index (κ3) is 5.38. The van der Waals surface area contributed by atoms with Gasteiger partial charge in [0.1, 0.15) is 17.4 Å². The van der Waals surface area contributed by atoms with Gasteiger partial charge < -0.3 is 14.6 Å². The molecule has 3 heterocycles. The summed E-state index contributed by atoms with van der Waals surface area (Å²) >= 11 is 0. The first-order chi connectivity index (χ1) is 16.7. The molecule has 0 bridgehead atoms. The monoisotopic (exact) mass is 473 g/mol. The third-order valence-corrected chi connectivity index (χ3v) is 5.26. The van der Waals surface area contributed by atoms with E-state index in [-0.39, 0.29) is 23.8 Å². The van der Waals surface area contributed by atoms with Gasteiger partial charge in [0.05, 0.1) is 30.4 Å². The number of benzene rings is 1. The highest BCUT2D eigenvalue weighted by Crippen LogP contribution is 2.34. The second-order valence-electron chi connectivity index (χ2n) is 9.10. The third-order valence-electron chi connectivity index (χ3n) is 5.26. The number of hydrogen-bond acceptors (Lipinski definition) is 7. The van der Waals surface area contributed by atoms with Gasteiger partial charge in [0.2, 0.25) is 0 Å². The van der Waals surface area contributed by atoms with Crippen LogP contribution in [0.4, 0.5) is 0 Å². The molecule has 1 unspecified atom stereocenters. The fraction of sp³-hybridized carbons (Fsp3) is 0.259. The van der Waals surface area contributed by atoms with Gasteiger partial charge in [-0.1, -0.05) is 42.5 Å². The lowest BCUT2D eigenvalue weighted by atomic mass is 9.99. The number of carbonyl (C=O) groups excluding carboxylic acids is 2. The summed E-state index contributed by atoms with van der Waals surface area (Å²) in [7, 11) is 1.28. The average Bonchev–Trinajstić information content (AvgIpc) is 3.21. The Balaban J connectivity index is 1.79. The fourth-order valence-corrected chi connectivity index (χ4v) is 3.81. The maximum absolute atomic E-state index is 12.3. The van der Waals surface area contributed by atoms with Crippen LogP contribution in [0.2, 0.25) is 0 Å². The van der Waals surface area contributed by atoms with Crippen LogP contribution < -0.4 is 0 Å². The first kappa shape index (κ1) is 24.1. The van der Waals surface area contributed by atoms with E-state index in [1.165, 1.54) is 13.2 Å². The van der Waals surface area contributed by atoms with Crippen LogP contribution in [0.1, 0.15) is 54.2 Å². The van der Waals surface area contributed by atoms with Crippen molar-refractivity contribution in [1.82, 2.24) is 14.6 Å². The van der Waals surface area contributed by atoms with E-state index < -0.39 is 17.7 Å². The number of methoxy groups -OCH3 is 1. The summed E-state index contributed by atoms with van der Waals surface area (Å²) in [6.07, 6.45) is 0.679. The highest BCUT2D eigenvalue weighted by atomic mass is 16.6. The number of aliphatic hydroxyl groups is 1. The summed E-state index contributed by atoms with van der Waals surface area (Å²) in [6.45, 7) is 5.47. The Hall–Kier alpha value is -4.04. The number of carbonyl (C=O) groups is 2. The topological polar surface area (TPSA) is 103 Å². The van der Waals surface area contributed by atoms with Gasteiger partial charge in [-0.15, -0.1) is 0 Å². The number of aliphatic hydroxyl groups excluding tert-OH is 1. The molecule has 1 atom stereocenters. The van der Waals surface area contributed by atoms with Crippen molar-refractivity contribution >= 4 is 17.5 Å². The maximum Gasteiger partial charge on any atom is 0.356 e. The summed E-state index contributed by atoms with van der Waals surface area (Å²) in [5, 5.41) is 16.1. The van der Waals surface area contributed by atoms with Gasteiger partial charge in [0.15, 0.2) is 0 Å². The van der Waals surface area contributed by atoms with Crippen molar-refractivity contribution in [2.45, 2.75) is 38.9 Å². The van der Waals surface area contributed by atoms with E-state index in [4.69, 9.17) is 14.6 Å². The Morgan fingerprint density at radius 1 is 1.03 bits per heavy atom. The van der Waals surface area contributed by atoms with Crippen molar-refractivity contribution < 1.29 is 24.2 Å². The molecule has 3 aromatic heterocycles. The van der Waals surface area contributed by atoms with Gasteiger partial charge in [-0.3, -0.25) is 4.79 Å². The summed E-state index contributed by atoms with van der Waals surface area (Å²) in [4.78, 5) is 28.6. The molecule has 180 valence electrons. The molecule has 0 aliphatic rings. The quantitative estimate of drug-likeness (QED) is 0.420. The molecule has 0 radical (unpaired) electrons. The molecule has 0 saturated carbocycles.